The van der Waals surface area contributed by atoms with Crippen LogP contribution in [0.4, 0.5) is 0 Å². The van der Waals surface area contributed by atoms with Gasteiger partial charge in [0.1, 0.15) is 24.0 Å². The van der Waals surface area contributed by atoms with Gasteiger partial charge in [0, 0.05) is 136 Å². The van der Waals surface area contributed by atoms with E-state index < -0.39 is 29.7 Å². The average Bonchev–Trinajstić information content (AvgIpc) is 3.65. The minimum absolute atomic E-state index is 0.0294. The lowest BCUT2D eigenvalue weighted by atomic mass is 9.60. The molecule has 64 heavy (non-hydrogen) atoms. The van der Waals surface area contributed by atoms with Gasteiger partial charge in [-0.1, -0.05) is 12.1 Å². The third-order valence-corrected chi connectivity index (χ3v) is 15.4. The normalized spacial score (nSPS) is 25.5. The number of hydrogen-bond donors (Lipinski definition) is 1. The smallest absolute Gasteiger partial charge is 0.262 e. The van der Waals surface area contributed by atoms with Crippen LogP contribution < -0.4 is 14.8 Å². The zero-order valence-electron chi connectivity index (χ0n) is 37.0. The zero-order chi connectivity index (χ0) is 44.0. The van der Waals surface area contributed by atoms with Crippen LogP contribution in [-0.2, 0) is 16.6 Å². The molecule has 5 fully saturated rings. The molecule has 2 aromatic carbocycles. The second-order valence-corrected chi connectivity index (χ2v) is 19.7. The molecule has 14 heteroatoms. The molecule has 4 amide bonds. The standard InChI is InChI=1S/C50H56N8O6/c1-29(2)57(33-20-36(21-33)63-35-7-9-39-40(22-35)49(62)58(48(39)61)43-10-11-45(59)53-47(43)60)16-15-56-27-50(28-56)23-34(24-50)54(3)32-18-37(19-32)64-46-12-6-31(25-52-46)30-5-8-38-41-26-51-14-13-42(41)55(4)44(38)17-30/h5-9,12-14,17,22,25-26,29,32-34,36-37,43H,10-11,15-16,18-21,23-24,27-28H2,1-4H3,(H,53,59,60)/t32-,33-,36-,37-,43?. The van der Waals surface area contributed by atoms with Crippen molar-refractivity contribution >= 4 is 45.4 Å². The molecule has 11 rings (SSSR count). The van der Waals surface area contributed by atoms with E-state index in [0.717, 1.165) is 54.8 Å². The number of imide groups is 2. The molecular formula is C50H56N8O6. The van der Waals surface area contributed by atoms with Gasteiger partial charge in [0.05, 0.1) is 16.6 Å². The van der Waals surface area contributed by atoms with Gasteiger partial charge < -0.3 is 23.8 Å². The summed E-state index contributed by atoms with van der Waals surface area (Å²) in [6, 6.07) is 18.8. The molecule has 332 valence electrons. The summed E-state index contributed by atoms with van der Waals surface area (Å²) in [5, 5.41) is 4.62. The molecule has 3 aliphatic heterocycles. The maximum Gasteiger partial charge on any atom is 0.262 e. The lowest BCUT2D eigenvalue weighted by Crippen LogP contribution is -2.68. The molecule has 1 spiro atoms. The van der Waals surface area contributed by atoms with Crippen LogP contribution in [0.25, 0.3) is 32.9 Å². The van der Waals surface area contributed by atoms with E-state index in [0.29, 0.717) is 41.2 Å². The largest absolute Gasteiger partial charge is 0.490 e. The van der Waals surface area contributed by atoms with E-state index in [1.54, 1.807) is 18.2 Å². The Morgan fingerprint density at radius 1 is 0.812 bits per heavy atom. The molecule has 3 saturated carbocycles. The van der Waals surface area contributed by atoms with Crippen LogP contribution in [0.2, 0.25) is 0 Å². The summed E-state index contributed by atoms with van der Waals surface area (Å²) in [6.07, 6.45) is 12.6. The van der Waals surface area contributed by atoms with E-state index in [1.165, 1.54) is 47.7 Å². The minimum Gasteiger partial charge on any atom is -0.490 e. The predicted molar refractivity (Wildman–Crippen MR) is 241 cm³/mol. The first kappa shape index (κ1) is 41.0. The molecule has 3 aromatic heterocycles. The van der Waals surface area contributed by atoms with Crippen LogP contribution in [0.5, 0.6) is 11.6 Å². The summed E-state index contributed by atoms with van der Waals surface area (Å²) in [5.41, 5.74) is 5.54. The Bertz CT molecular complexity index is 2670. The second kappa shape index (κ2) is 15.8. The van der Waals surface area contributed by atoms with Gasteiger partial charge in [-0.25, -0.2) is 4.98 Å². The van der Waals surface area contributed by atoms with Gasteiger partial charge in [-0.05, 0) is 87.5 Å². The van der Waals surface area contributed by atoms with E-state index in [4.69, 9.17) is 14.5 Å². The number of piperidine rings is 1. The molecule has 2 saturated heterocycles. The number of ether oxygens (including phenoxy) is 2. The summed E-state index contributed by atoms with van der Waals surface area (Å²) < 4.78 is 14.9. The first-order chi connectivity index (χ1) is 30.9. The third-order valence-electron chi connectivity index (χ3n) is 15.4. The van der Waals surface area contributed by atoms with Crippen LogP contribution >= 0.6 is 0 Å². The molecule has 6 aliphatic rings. The van der Waals surface area contributed by atoms with Gasteiger partial charge in [-0.15, -0.1) is 0 Å². The van der Waals surface area contributed by atoms with Gasteiger partial charge in [0.25, 0.3) is 11.8 Å². The van der Waals surface area contributed by atoms with E-state index in [1.807, 2.05) is 24.7 Å². The van der Waals surface area contributed by atoms with Crippen LogP contribution in [0.1, 0.15) is 85.9 Å². The maximum atomic E-state index is 13.3. The Hall–Kier alpha value is -5.70. The number of hydrogen-bond acceptors (Lipinski definition) is 11. The molecule has 1 atom stereocenters. The topological polar surface area (TPSA) is 142 Å². The number of nitrogens with one attached hydrogen (secondary N) is 1. The molecule has 1 N–H and O–H groups in total. The first-order valence-corrected chi connectivity index (χ1v) is 23.1. The fraction of sp³-hybridized carbons (Fsp3) is 0.480. The summed E-state index contributed by atoms with van der Waals surface area (Å²) in [5.74, 6) is -0.784. The molecule has 0 bridgehead atoms. The Kier molecular flexibility index (Phi) is 10.1. The lowest BCUT2D eigenvalue weighted by molar-refractivity contribution is -0.136. The van der Waals surface area contributed by atoms with Gasteiger partial charge in [0.2, 0.25) is 17.7 Å². The van der Waals surface area contributed by atoms with Gasteiger partial charge >= 0.3 is 0 Å². The summed E-state index contributed by atoms with van der Waals surface area (Å²) in [6.45, 7) is 9.01. The highest BCUT2D eigenvalue weighted by molar-refractivity contribution is 6.23. The number of carbonyl (C=O) groups excluding carboxylic acids is 4. The Morgan fingerprint density at radius 2 is 1.56 bits per heavy atom. The van der Waals surface area contributed by atoms with Crippen molar-refractivity contribution in [2.45, 2.75) is 108 Å². The number of amides is 4. The van der Waals surface area contributed by atoms with Gasteiger partial charge in [-0.3, -0.25) is 39.3 Å². The van der Waals surface area contributed by atoms with Crippen LogP contribution in [0.3, 0.4) is 0 Å². The van der Waals surface area contributed by atoms with Crippen LogP contribution in [0, 0.1) is 5.41 Å². The molecular weight excluding hydrogens is 809 g/mol. The average molecular weight is 865 g/mol. The highest BCUT2D eigenvalue weighted by Gasteiger charge is 2.54. The summed E-state index contributed by atoms with van der Waals surface area (Å²) >= 11 is 0. The van der Waals surface area contributed by atoms with Gasteiger partial charge in [0.15, 0.2) is 0 Å². The molecule has 6 heterocycles. The van der Waals surface area contributed by atoms with Crippen molar-refractivity contribution in [1.29, 1.82) is 0 Å². The fourth-order valence-corrected chi connectivity index (χ4v) is 11.6. The number of benzene rings is 2. The maximum absolute atomic E-state index is 13.3. The fourth-order valence-electron chi connectivity index (χ4n) is 11.6. The molecule has 1 unspecified atom stereocenters. The number of carbonyl (C=O) groups is 4. The van der Waals surface area contributed by atoms with Crippen molar-refractivity contribution in [2.75, 3.05) is 33.2 Å². The quantitative estimate of drug-likeness (QED) is 0.143. The Balaban J connectivity index is 0.597. The van der Waals surface area contributed by atoms with Crippen molar-refractivity contribution in [2.24, 2.45) is 12.5 Å². The van der Waals surface area contributed by atoms with Crippen LogP contribution in [0.15, 0.2) is 73.2 Å². The highest BCUT2D eigenvalue weighted by Crippen LogP contribution is 2.51. The lowest BCUT2D eigenvalue weighted by Gasteiger charge is -2.62. The van der Waals surface area contributed by atoms with E-state index in [2.05, 4.69) is 87.8 Å². The van der Waals surface area contributed by atoms with Crippen molar-refractivity contribution in [3.63, 3.8) is 0 Å². The van der Waals surface area contributed by atoms with E-state index in [-0.39, 0.29) is 36.2 Å². The van der Waals surface area contributed by atoms with Crippen LogP contribution in [-0.4, -0.2) is 133 Å². The number of nitrogens with zero attached hydrogens (tertiary/aromatic N) is 7. The van der Waals surface area contributed by atoms with Gasteiger partial charge in [-0.2, -0.15) is 0 Å². The van der Waals surface area contributed by atoms with Crippen molar-refractivity contribution in [3.8, 4) is 22.8 Å². The second-order valence-electron chi connectivity index (χ2n) is 19.7. The monoisotopic (exact) mass is 864 g/mol. The molecule has 3 aliphatic carbocycles. The predicted octanol–water partition coefficient (Wildman–Crippen LogP) is 5.82. The number of aryl methyl sites for hydroxylation is 1. The Labute approximate surface area is 372 Å². The Morgan fingerprint density at radius 3 is 2.31 bits per heavy atom. The number of likely N-dealkylation sites (tertiary alicyclic amines) is 1. The molecule has 0 radical (unpaired) electrons. The number of pyridine rings is 2. The van der Waals surface area contributed by atoms with Crippen molar-refractivity contribution in [1.82, 2.24) is 39.5 Å². The first-order valence-electron chi connectivity index (χ1n) is 23.1. The zero-order valence-corrected chi connectivity index (χ0v) is 37.0. The minimum atomic E-state index is -0.982. The summed E-state index contributed by atoms with van der Waals surface area (Å²) in [7, 11) is 4.41. The molecule has 14 nitrogen and oxygen atoms in total. The number of aromatic nitrogens is 3. The number of fused-ring (bicyclic) bond motifs is 4. The third kappa shape index (κ3) is 7.14. The number of rotatable bonds is 13. The van der Waals surface area contributed by atoms with E-state index in [9.17, 15) is 19.2 Å². The van der Waals surface area contributed by atoms with E-state index >= 15 is 0 Å². The molecule has 5 aromatic rings. The van der Waals surface area contributed by atoms with Crippen molar-refractivity contribution in [3.05, 3.63) is 84.3 Å². The van der Waals surface area contributed by atoms with Crippen molar-refractivity contribution < 1.29 is 28.7 Å². The highest BCUT2D eigenvalue weighted by atomic mass is 16.5. The summed E-state index contributed by atoms with van der Waals surface area (Å²) in [4.78, 5) is 68.3. The SMILES string of the molecule is CC(C)N(CCN1CC2(CC(N(C)[C@H]3C[C@H](Oc4ccc(-c5ccc6c7cnccc7n(C)c6c5)cn4)C3)C2)C1)[C@H]1C[C@H](Oc2ccc3c(c2)C(=O)N(C2CCC(=O)NC2=O)C3=O)C1.